The zero-order valence-electron chi connectivity index (χ0n) is 12.8. The van der Waals surface area contributed by atoms with Crippen LogP contribution in [0.2, 0.25) is 0 Å². The molecule has 2 saturated heterocycles. The van der Waals surface area contributed by atoms with Crippen LogP contribution in [0.5, 0.6) is 0 Å². The predicted octanol–water partition coefficient (Wildman–Crippen LogP) is 2.92. The number of rotatable bonds is 2. The highest BCUT2D eigenvalue weighted by Crippen LogP contribution is 2.41. The molecule has 114 valence electrons. The molecule has 0 atom stereocenters. The van der Waals surface area contributed by atoms with E-state index in [-0.39, 0.29) is 6.03 Å². The molecule has 0 bridgehead atoms. The fraction of sp³-hybridized carbons (Fsp3) is 0.562. The Bertz CT molecular complexity index is 492. The van der Waals surface area contributed by atoms with Crippen molar-refractivity contribution in [1.29, 1.82) is 0 Å². The van der Waals surface area contributed by atoms with Crippen LogP contribution in [0.3, 0.4) is 0 Å². The maximum Gasteiger partial charge on any atom is 0.324 e. The lowest BCUT2D eigenvalue weighted by Crippen LogP contribution is -2.63. The summed E-state index contributed by atoms with van der Waals surface area (Å²) >= 11 is 1.83. The van der Waals surface area contributed by atoms with E-state index in [9.17, 15) is 4.79 Å². The van der Waals surface area contributed by atoms with Gasteiger partial charge in [0.2, 0.25) is 0 Å². The minimum atomic E-state index is 0.124. The summed E-state index contributed by atoms with van der Waals surface area (Å²) in [6, 6.07) is 9.98. The van der Waals surface area contributed by atoms with Crippen LogP contribution in [0.1, 0.15) is 12.8 Å². The Labute approximate surface area is 131 Å². The van der Waals surface area contributed by atoms with E-state index in [0.29, 0.717) is 5.41 Å². The molecule has 0 radical (unpaired) electrons. The minimum absolute atomic E-state index is 0.124. The molecule has 1 aromatic rings. The van der Waals surface area contributed by atoms with Crippen LogP contribution >= 0.6 is 11.9 Å². The Balaban J connectivity index is 1.55. The van der Waals surface area contributed by atoms with Gasteiger partial charge in [-0.15, -0.1) is 0 Å². The first-order valence-electron chi connectivity index (χ1n) is 7.50. The van der Waals surface area contributed by atoms with Gasteiger partial charge in [-0.3, -0.25) is 9.21 Å². The lowest BCUT2D eigenvalue weighted by Gasteiger charge is -2.54. The summed E-state index contributed by atoms with van der Waals surface area (Å²) in [5.41, 5.74) is 1.35. The summed E-state index contributed by atoms with van der Waals surface area (Å²) in [6.07, 6.45) is 4.57. The molecule has 0 aromatic heterocycles. The van der Waals surface area contributed by atoms with E-state index in [1.807, 2.05) is 54.2 Å². The fourth-order valence-corrected chi connectivity index (χ4v) is 3.88. The van der Waals surface area contributed by atoms with Crippen molar-refractivity contribution >= 4 is 23.7 Å². The largest absolute Gasteiger partial charge is 0.324 e. The van der Waals surface area contributed by atoms with Crippen LogP contribution in [0.15, 0.2) is 30.3 Å². The van der Waals surface area contributed by atoms with E-state index in [0.717, 1.165) is 31.9 Å². The van der Waals surface area contributed by atoms with E-state index in [1.54, 1.807) is 4.90 Å². The molecular weight excluding hydrogens is 282 g/mol. The third-order valence-corrected chi connectivity index (χ3v) is 5.68. The Morgan fingerprint density at radius 2 is 1.81 bits per heavy atom. The highest BCUT2D eigenvalue weighted by molar-refractivity contribution is 7.96. The van der Waals surface area contributed by atoms with Crippen molar-refractivity contribution in [3.05, 3.63) is 30.3 Å². The van der Waals surface area contributed by atoms with Crippen LogP contribution in [-0.4, -0.2) is 54.7 Å². The number of amides is 2. The van der Waals surface area contributed by atoms with E-state index in [1.165, 1.54) is 12.8 Å². The van der Waals surface area contributed by atoms with Crippen molar-refractivity contribution in [1.82, 2.24) is 9.21 Å². The van der Waals surface area contributed by atoms with Gasteiger partial charge >= 0.3 is 6.03 Å². The minimum Gasteiger partial charge on any atom is -0.323 e. The van der Waals surface area contributed by atoms with Gasteiger partial charge in [-0.1, -0.05) is 30.1 Å². The van der Waals surface area contributed by atoms with Crippen LogP contribution < -0.4 is 4.90 Å². The molecule has 1 aromatic carbocycles. The van der Waals surface area contributed by atoms with Crippen molar-refractivity contribution in [2.24, 2.45) is 5.41 Å². The summed E-state index contributed by atoms with van der Waals surface area (Å²) < 4.78 is 2.42. The molecule has 4 nitrogen and oxygen atoms in total. The molecule has 0 saturated carbocycles. The highest BCUT2D eigenvalue weighted by atomic mass is 32.2. The SMILES string of the molecule is CSN1CCC2(CC1)CN(C(=O)N(C)c1ccccc1)C2. The first-order valence-corrected chi connectivity index (χ1v) is 8.68. The average Bonchev–Trinajstić information content (AvgIpc) is 2.52. The smallest absolute Gasteiger partial charge is 0.323 e. The van der Waals surface area contributed by atoms with Gasteiger partial charge in [-0.05, 0) is 31.2 Å². The monoisotopic (exact) mass is 305 g/mol. The molecule has 3 rings (SSSR count). The first kappa shape index (κ1) is 14.7. The van der Waals surface area contributed by atoms with Gasteiger partial charge in [0.05, 0.1) is 0 Å². The number of hydrogen-bond donors (Lipinski definition) is 0. The second kappa shape index (κ2) is 5.89. The zero-order valence-corrected chi connectivity index (χ0v) is 13.6. The standard InChI is InChI=1S/C16H23N3OS/c1-17(14-6-4-3-5-7-14)15(20)18-12-16(13-18)8-10-19(21-2)11-9-16/h3-7H,8-13H2,1-2H3. The van der Waals surface area contributed by atoms with Crippen molar-refractivity contribution in [3.63, 3.8) is 0 Å². The maximum absolute atomic E-state index is 12.5. The van der Waals surface area contributed by atoms with Gasteiger partial charge in [0.25, 0.3) is 0 Å². The van der Waals surface area contributed by atoms with Crippen molar-refractivity contribution < 1.29 is 4.79 Å². The second-order valence-corrected chi connectivity index (χ2v) is 7.03. The molecule has 0 unspecified atom stereocenters. The van der Waals surface area contributed by atoms with Gasteiger partial charge in [-0.2, -0.15) is 0 Å². The lowest BCUT2D eigenvalue weighted by molar-refractivity contribution is -0.00319. The first-order chi connectivity index (χ1) is 10.1. The van der Waals surface area contributed by atoms with E-state index >= 15 is 0 Å². The van der Waals surface area contributed by atoms with Gasteiger partial charge in [0.1, 0.15) is 0 Å². The summed E-state index contributed by atoms with van der Waals surface area (Å²) in [7, 11) is 1.86. The Kier molecular flexibility index (Phi) is 4.13. The molecule has 5 heteroatoms. The van der Waals surface area contributed by atoms with Crippen molar-refractivity contribution in [2.45, 2.75) is 12.8 Å². The third-order valence-electron chi connectivity index (χ3n) is 4.79. The average molecular weight is 305 g/mol. The van der Waals surface area contributed by atoms with Gasteiger partial charge in [0.15, 0.2) is 0 Å². The predicted molar refractivity (Wildman–Crippen MR) is 88.6 cm³/mol. The summed E-state index contributed by atoms with van der Waals surface area (Å²) in [6.45, 7) is 4.14. The number of hydrogen-bond acceptors (Lipinski definition) is 3. The van der Waals surface area contributed by atoms with Gasteiger partial charge in [0, 0.05) is 44.3 Å². The maximum atomic E-state index is 12.5. The Hall–Kier alpha value is -1.20. The summed E-state index contributed by atoms with van der Waals surface area (Å²) in [5, 5.41) is 0. The van der Waals surface area contributed by atoms with Crippen LogP contribution in [-0.2, 0) is 0 Å². The Morgan fingerprint density at radius 3 is 2.38 bits per heavy atom. The zero-order chi connectivity index (χ0) is 14.9. The molecule has 0 aliphatic carbocycles. The normalized spacial score (nSPS) is 21.1. The van der Waals surface area contributed by atoms with Crippen molar-refractivity contribution in [3.8, 4) is 0 Å². The van der Waals surface area contributed by atoms with Crippen LogP contribution in [0, 0.1) is 5.41 Å². The fourth-order valence-electron chi connectivity index (χ4n) is 3.33. The van der Waals surface area contributed by atoms with Gasteiger partial charge < -0.3 is 4.90 Å². The molecule has 2 aliphatic rings. The molecule has 2 aliphatic heterocycles. The van der Waals surface area contributed by atoms with Crippen LogP contribution in [0.4, 0.5) is 10.5 Å². The summed E-state index contributed by atoms with van der Waals surface area (Å²) in [5.74, 6) is 0. The molecule has 0 N–H and O–H groups in total. The number of anilines is 1. The van der Waals surface area contributed by atoms with E-state index in [2.05, 4.69) is 10.6 Å². The van der Waals surface area contributed by atoms with E-state index < -0.39 is 0 Å². The number of nitrogens with zero attached hydrogens (tertiary/aromatic N) is 3. The quantitative estimate of drug-likeness (QED) is 0.786. The lowest BCUT2D eigenvalue weighted by atomic mass is 9.72. The second-order valence-electron chi connectivity index (χ2n) is 6.14. The molecule has 2 amide bonds. The summed E-state index contributed by atoms with van der Waals surface area (Å²) in [4.78, 5) is 16.3. The number of benzene rings is 1. The number of urea groups is 1. The molecule has 1 spiro atoms. The van der Waals surface area contributed by atoms with Crippen LogP contribution in [0.25, 0.3) is 0 Å². The number of para-hydroxylation sites is 1. The number of carbonyl (C=O) groups is 1. The number of likely N-dealkylation sites (tertiary alicyclic amines) is 1. The number of piperidine rings is 1. The number of carbonyl (C=O) groups excluding carboxylic acids is 1. The topological polar surface area (TPSA) is 26.8 Å². The van der Waals surface area contributed by atoms with Crippen molar-refractivity contribution in [2.75, 3.05) is 44.4 Å². The van der Waals surface area contributed by atoms with Gasteiger partial charge in [-0.25, -0.2) is 4.79 Å². The molecule has 21 heavy (non-hydrogen) atoms. The Morgan fingerprint density at radius 1 is 1.19 bits per heavy atom. The molecule has 2 heterocycles. The molecular formula is C16H23N3OS. The molecule has 2 fully saturated rings. The highest BCUT2D eigenvalue weighted by Gasteiger charge is 2.47. The van der Waals surface area contributed by atoms with E-state index in [4.69, 9.17) is 0 Å². The third kappa shape index (κ3) is 2.90.